The van der Waals surface area contributed by atoms with E-state index in [2.05, 4.69) is 14.4 Å². The number of esters is 1. The van der Waals surface area contributed by atoms with Crippen molar-refractivity contribution in [1.29, 1.82) is 0 Å². The van der Waals surface area contributed by atoms with Crippen molar-refractivity contribution >= 4 is 16.0 Å². The van der Waals surface area contributed by atoms with Gasteiger partial charge in [-0.1, -0.05) is 6.07 Å². The first-order valence-corrected chi connectivity index (χ1v) is 7.13. The van der Waals surface area contributed by atoms with E-state index >= 15 is 0 Å². The first-order valence-electron chi connectivity index (χ1n) is 5.47. The van der Waals surface area contributed by atoms with Crippen LogP contribution in [0.3, 0.4) is 0 Å². The van der Waals surface area contributed by atoms with Gasteiger partial charge in [0.1, 0.15) is 0 Å². The molecule has 0 unspecified atom stereocenters. The van der Waals surface area contributed by atoms with Gasteiger partial charge in [0.05, 0.1) is 25.1 Å². The number of nitrogens with zero attached hydrogens (tertiary/aromatic N) is 1. The molecule has 0 amide bonds. The topological polar surface area (TPSA) is 85.4 Å². The molecule has 0 aromatic carbocycles. The van der Waals surface area contributed by atoms with E-state index in [9.17, 15) is 13.2 Å². The van der Waals surface area contributed by atoms with Gasteiger partial charge in [0.2, 0.25) is 10.0 Å². The zero-order chi connectivity index (χ0) is 13.4. The predicted octanol–water partition coefficient (Wildman–Crippen LogP) is 0.454. The van der Waals surface area contributed by atoms with Gasteiger partial charge in [0.25, 0.3) is 0 Å². The summed E-state index contributed by atoms with van der Waals surface area (Å²) >= 11 is 0. The lowest BCUT2D eigenvalue weighted by Crippen LogP contribution is -2.26. The van der Waals surface area contributed by atoms with Crippen molar-refractivity contribution in [2.24, 2.45) is 0 Å². The van der Waals surface area contributed by atoms with Crippen LogP contribution in [0.5, 0.6) is 0 Å². The largest absolute Gasteiger partial charge is 0.469 e. The van der Waals surface area contributed by atoms with E-state index in [4.69, 9.17) is 0 Å². The van der Waals surface area contributed by atoms with Crippen molar-refractivity contribution in [2.45, 2.75) is 19.4 Å². The molecule has 1 heterocycles. The molecule has 0 radical (unpaired) electrons. The molecule has 1 aromatic rings. The van der Waals surface area contributed by atoms with Gasteiger partial charge in [-0.2, -0.15) is 0 Å². The van der Waals surface area contributed by atoms with Crippen LogP contribution in [0.2, 0.25) is 0 Å². The Hall–Kier alpha value is -1.47. The summed E-state index contributed by atoms with van der Waals surface area (Å²) in [5, 5.41) is 0. The third-order valence-electron chi connectivity index (χ3n) is 2.22. The fraction of sp³-hybridized carbons (Fsp3) is 0.455. The second-order valence-electron chi connectivity index (χ2n) is 3.64. The molecule has 7 heteroatoms. The molecule has 0 aliphatic rings. The minimum Gasteiger partial charge on any atom is -0.469 e. The van der Waals surface area contributed by atoms with Crippen LogP contribution in [0.15, 0.2) is 24.4 Å². The first-order chi connectivity index (χ1) is 8.53. The molecule has 18 heavy (non-hydrogen) atoms. The molecule has 0 aliphatic heterocycles. The van der Waals surface area contributed by atoms with Crippen molar-refractivity contribution in [3.05, 3.63) is 30.1 Å². The molecule has 1 rings (SSSR count). The smallest absolute Gasteiger partial charge is 0.305 e. The number of hydrogen-bond donors (Lipinski definition) is 1. The number of carbonyl (C=O) groups is 1. The average molecular weight is 272 g/mol. The molecule has 0 saturated carbocycles. The lowest BCUT2D eigenvalue weighted by atomic mass is 10.3. The molecule has 0 saturated heterocycles. The maximum Gasteiger partial charge on any atom is 0.305 e. The minimum atomic E-state index is -3.38. The second-order valence-corrected chi connectivity index (χ2v) is 5.57. The van der Waals surface area contributed by atoms with Crippen molar-refractivity contribution in [2.75, 3.05) is 12.9 Å². The second kappa shape index (κ2) is 7.07. The molecular weight excluding hydrogens is 256 g/mol. The first kappa shape index (κ1) is 14.6. The summed E-state index contributed by atoms with van der Waals surface area (Å²) in [6.45, 7) is 0.154. The Morgan fingerprint density at radius 1 is 1.44 bits per heavy atom. The number of nitrogens with one attached hydrogen (secondary N) is 1. The van der Waals surface area contributed by atoms with Crippen molar-refractivity contribution in [3.8, 4) is 0 Å². The van der Waals surface area contributed by atoms with Crippen LogP contribution in [-0.2, 0) is 26.1 Å². The standard InChI is InChI=1S/C11H16N2O4S/c1-17-11(14)6-4-8-18(15,16)13-9-10-5-2-3-7-12-10/h2-3,5,7,13H,4,6,8-9H2,1H3. The Labute approximate surface area is 106 Å². The van der Waals surface area contributed by atoms with E-state index in [0.717, 1.165) is 0 Å². The number of ether oxygens (including phenoxy) is 1. The van der Waals surface area contributed by atoms with Crippen LogP contribution in [0.4, 0.5) is 0 Å². The van der Waals surface area contributed by atoms with E-state index in [-0.39, 0.29) is 25.1 Å². The van der Waals surface area contributed by atoms with Crippen LogP contribution in [-0.4, -0.2) is 32.2 Å². The van der Waals surface area contributed by atoms with Gasteiger partial charge in [-0.3, -0.25) is 9.78 Å². The SMILES string of the molecule is COC(=O)CCCS(=O)(=O)NCc1ccccn1. The van der Waals surface area contributed by atoms with Gasteiger partial charge in [-0.15, -0.1) is 0 Å². The third kappa shape index (κ3) is 5.74. The van der Waals surface area contributed by atoms with Crippen molar-refractivity contribution in [1.82, 2.24) is 9.71 Å². The number of methoxy groups -OCH3 is 1. The Bertz CT molecular complexity index is 473. The summed E-state index contributed by atoms with van der Waals surface area (Å²) in [6, 6.07) is 5.28. The summed E-state index contributed by atoms with van der Waals surface area (Å²) < 4.78 is 30.0. The molecule has 0 aliphatic carbocycles. The fourth-order valence-corrected chi connectivity index (χ4v) is 2.30. The monoisotopic (exact) mass is 272 g/mol. The highest BCUT2D eigenvalue weighted by Gasteiger charge is 2.11. The maximum atomic E-state index is 11.6. The summed E-state index contributed by atoms with van der Waals surface area (Å²) in [7, 11) is -2.11. The van der Waals surface area contributed by atoms with Crippen LogP contribution in [0.25, 0.3) is 0 Å². The lowest BCUT2D eigenvalue weighted by Gasteiger charge is -2.05. The van der Waals surface area contributed by atoms with Crippen molar-refractivity contribution in [3.63, 3.8) is 0 Å². The lowest BCUT2D eigenvalue weighted by molar-refractivity contribution is -0.140. The Balaban J connectivity index is 2.34. The highest BCUT2D eigenvalue weighted by Crippen LogP contribution is 1.99. The van der Waals surface area contributed by atoms with Gasteiger partial charge in [-0.25, -0.2) is 13.1 Å². The summed E-state index contributed by atoms with van der Waals surface area (Å²) in [5.41, 5.74) is 0.647. The number of aromatic nitrogens is 1. The number of hydrogen-bond acceptors (Lipinski definition) is 5. The molecule has 0 atom stereocenters. The molecule has 0 spiro atoms. The average Bonchev–Trinajstić information content (AvgIpc) is 2.37. The quantitative estimate of drug-likeness (QED) is 0.729. The fourth-order valence-electron chi connectivity index (χ4n) is 1.27. The number of rotatable bonds is 7. The van der Waals surface area contributed by atoms with E-state index in [1.165, 1.54) is 7.11 Å². The Morgan fingerprint density at radius 2 is 2.22 bits per heavy atom. The number of sulfonamides is 1. The van der Waals surface area contributed by atoms with E-state index in [1.54, 1.807) is 24.4 Å². The van der Waals surface area contributed by atoms with Gasteiger partial charge in [0.15, 0.2) is 0 Å². The molecule has 0 bridgehead atoms. The van der Waals surface area contributed by atoms with Gasteiger partial charge >= 0.3 is 5.97 Å². The van der Waals surface area contributed by atoms with E-state index < -0.39 is 16.0 Å². The molecule has 6 nitrogen and oxygen atoms in total. The van der Waals surface area contributed by atoms with E-state index in [1.807, 2.05) is 0 Å². The molecule has 1 N–H and O–H groups in total. The van der Waals surface area contributed by atoms with Crippen LogP contribution in [0, 0.1) is 0 Å². The van der Waals surface area contributed by atoms with Crippen LogP contribution in [0.1, 0.15) is 18.5 Å². The highest BCUT2D eigenvalue weighted by molar-refractivity contribution is 7.89. The minimum absolute atomic E-state index is 0.0982. The van der Waals surface area contributed by atoms with Crippen LogP contribution < -0.4 is 4.72 Å². The zero-order valence-electron chi connectivity index (χ0n) is 10.1. The van der Waals surface area contributed by atoms with Crippen molar-refractivity contribution < 1.29 is 17.9 Å². The van der Waals surface area contributed by atoms with Gasteiger partial charge in [0, 0.05) is 12.6 Å². The maximum absolute atomic E-state index is 11.6. The molecule has 0 fully saturated rings. The predicted molar refractivity (Wildman–Crippen MR) is 66.1 cm³/mol. The third-order valence-corrected chi connectivity index (χ3v) is 3.63. The summed E-state index contributed by atoms with van der Waals surface area (Å²) in [4.78, 5) is 14.8. The Morgan fingerprint density at radius 3 is 2.83 bits per heavy atom. The van der Waals surface area contributed by atoms with Gasteiger partial charge in [-0.05, 0) is 18.6 Å². The number of pyridine rings is 1. The van der Waals surface area contributed by atoms with Crippen LogP contribution >= 0.6 is 0 Å². The van der Waals surface area contributed by atoms with E-state index in [0.29, 0.717) is 5.69 Å². The Kier molecular flexibility index (Phi) is 5.73. The normalized spacial score (nSPS) is 11.2. The van der Waals surface area contributed by atoms with Gasteiger partial charge < -0.3 is 4.74 Å². The number of carbonyl (C=O) groups excluding carboxylic acids is 1. The summed E-state index contributed by atoms with van der Waals surface area (Å²) in [6.07, 6.45) is 1.94. The highest BCUT2D eigenvalue weighted by atomic mass is 32.2. The summed E-state index contributed by atoms with van der Waals surface area (Å²) in [5.74, 6) is -0.510. The molecule has 1 aromatic heterocycles. The molecule has 100 valence electrons. The zero-order valence-corrected chi connectivity index (χ0v) is 10.9. The molecular formula is C11H16N2O4S.